The van der Waals surface area contributed by atoms with Crippen molar-refractivity contribution in [3.63, 3.8) is 0 Å². The van der Waals surface area contributed by atoms with Crippen molar-refractivity contribution in [3.8, 4) is 0 Å². The summed E-state index contributed by atoms with van der Waals surface area (Å²) in [7, 11) is 0. The highest BCUT2D eigenvalue weighted by atomic mass is 19.4. The van der Waals surface area contributed by atoms with Crippen LogP contribution in [0.1, 0.15) is 55.0 Å². The molecule has 25 heavy (non-hydrogen) atoms. The number of amides is 1. The molecule has 2 aromatic heterocycles. The lowest BCUT2D eigenvalue weighted by molar-refractivity contribution is -0.174. The maximum absolute atomic E-state index is 13.5. The van der Waals surface area contributed by atoms with E-state index < -0.39 is 24.2 Å². The Hall–Kier alpha value is -2.45. The highest BCUT2D eigenvalue weighted by molar-refractivity contribution is 5.93. The van der Waals surface area contributed by atoms with Crippen LogP contribution in [0.15, 0.2) is 28.9 Å². The van der Waals surface area contributed by atoms with Gasteiger partial charge < -0.3 is 15.1 Å². The molecular formula is C16H19F3N4O2. The summed E-state index contributed by atoms with van der Waals surface area (Å²) in [5.41, 5.74) is -0.0443. The molecule has 0 radical (unpaired) electrons. The lowest BCUT2D eigenvalue weighted by Gasteiger charge is -2.32. The van der Waals surface area contributed by atoms with Gasteiger partial charge in [0.2, 0.25) is 0 Å². The molecule has 136 valence electrons. The molecule has 0 spiro atoms. The molecule has 0 unspecified atom stereocenters. The van der Waals surface area contributed by atoms with E-state index in [1.54, 1.807) is 12.1 Å². The zero-order valence-electron chi connectivity index (χ0n) is 13.8. The van der Waals surface area contributed by atoms with Crippen LogP contribution in [-0.4, -0.2) is 27.9 Å². The molecule has 2 N–H and O–H groups in total. The first-order valence-corrected chi connectivity index (χ1v) is 8.06. The van der Waals surface area contributed by atoms with Crippen LogP contribution in [0.4, 0.5) is 19.0 Å². The molecule has 0 aliphatic carbocycles. The van der Waals surface area contributed by atoms with Gasteiger partial charge in [0.15, 0.2) is 11.7 Å². The molecule has 3 heterocycles. The van der Waals surface area contributed by atoms with Crippen LogP contribution in [0.5, 0.6) is 0 Å². The molecule has 0 fully saturated rings. The van der Waals surface area contributed by atoms with Gasteiger partial charge >= 0.3 is 6.18 Å². The normalized spacial score (nSPS) is 21.3. The second-order valence-electron chi connectivity index (χ2n) is 6.15. The van der Waals surface area contributed by atoms with Gasteiger partial charge in [-0.05, 0) is 25.5 Å². The standard InChI is InChI=1S/C16H19F3N4O2/c1-3-9(2)20-15(24)11-8-14-21-10(12-5-4-6-25-12)7-13(16(17,18)19)23(14)22-11/h4-6,8-10,13,21H,3,7H2,1-2H3,(H,20,24)/t9-,10+,13+/m0/s1. The van der Waals surface area contributed by atoms with Crippen LogP contribution in [-0.2, 0) is 0 Å². The predicted octanol–water partition coefficient (Wildman–Crippen LogP) is 3.66. The highest BCUT2D eigenvalue weighted by Crippen LogP contribution is 2.43. The summed E-state index contributed by atoms with van der Waals surface area (Å²) in [6.07, 6.45) is -2.63. The van der Waals surface area contributed by atoms with Crippen molar-refractivity contribution in [1.82, 2.24) is 15.1 Å². The Bertz CT molecular complexity index is 739. The van der Waals surface area contributed by atoms with Gasteiger partial charge in [0.25, 0.3) is 5.91 Å². The Labute approximate surface area is 142 Å². The van der Waals surface area contributed by atoms with E-state index in [9.17, 15) is 18.0 Å². The quantitative estimate of drug-likeness (QED) is 0.877. The highest BCUT2D eigenvalue weighted by Gasteiger charge is 2.47. The molecule has 0 saturated heterocycles. The van der Waals surface area contributed by atoms with Crippen molar-refractivity contribution >= 4 is 11.7 Å². The Kier molecular flexibility index (Phi) is 4.49. The minimum Gasteiger partial charge on any atom is -0.467 e. The number of hydrogen-bond acceptors (Lipinski definition) is 4. The van der Waals surface area contributed by atoms with Gasteiger partial charge in [-0.1, -0.05) is 6.92 Å². The molecule has 9 heteroatoms. The molecule has 0 saturated carbocycles. The molecule has 3 rings (SSSR count). The van der Waals surface area contributed by atoms with Gasteiger partial charge in [-0.25, -0.2) is 4.68 Å². The second kappa shape index (κ2) is 6.45. The van der Waals surface area contributed by atoms with E-state index in [4.69, 9.17) is 4.42 Å². The average Bonchev–Trinajstić information content (AvgIpc) is 3.21. The first-order chi connectivity index (χ1) is 11.8. The number of fused-ring (bicyclic) bond motifs is 1. The zero-order valence-corrected chi connectivity index (χ0v) is 13.8. The Morgan fingerprint density at radius 3 is 2.92 bits per heavy atom. The summed E-state index contributed by atoms with van der Waals surface area (Å²) in [5, 5.41) is 9.57. The van der Waals surface area contributed by atoms with Crippen molar-refractivity contribution in [1.29, 1.82) is 0 Å². The third kappa shape index (κ3) is 3.49. The summed E-state index contributed by atoms with van der Waals surface area (Å²) >= 11 is 0. The van der Waals surface area contributed by atoms with E-state index in [1.165, 1.54) is 12.3 Å². The third-order valence-corrected chi connectivity index (χ3v) is 4.30. The first-order valence-electron chi connectivity index (χ1n) is 8.06. The summed E-state index contributed by atoms with van der Waals surface area (Å²) in [4.78, 5) is 12.2. The molecular weight excluding hydrogens is 337 g/mol. The monoisotopic (exact) mass is 356 g/mol. The fourth-order valence-corrected chi connectivity index (χ4v) is 2.76. The maximum Gasteiger partial charge on any atom is 0.410 e. The van der Waals surface area contributed by atoms with Gasteiger partial charge in [-0.15, -0.1) is 0 Å². The number of anilines is 1. The fourth-order valence-electron chi connectivity index (χ4n) is 2.76. The molecule has 1 aliphatic rings. The minimum atomic E-state index is -4.49. The summed E-state index contributed by atoms with van der Waals surface area (Å²) in [6, 6.07) is 2.02. The van der Waals surface area contributed by atoms with Crippen LogP contribution < -0.4 is 10.6 Å². The molecule has 0 aromatic carbocycles. The summed E-state index contributed by atoms with van der Waals surface area (Å²) < 4.78 is 46.5. The van der Waals surface area contributed by atoms with Crippen LogP contribution in [0.3, 0.4) is 0 Å². The second-order valence-corrected chi connectivity index (χ2v) is 6.15. The number of furan rings is 1. The first kappa shape index (κ1) is 17.4. The number of rotatable bonds is 4. The Morgan fingerprint density at radius 1 is 1.56 bits per heavy atom. The largest absolute Gasteiger partial charge is 0.467 e. The molecule has 2 aromatic rings. The lowest BCUT2D eigenvalue weighted by Crippen LogP contribution is -2.36. The molecule has 3 atom stereocenters. The molecule has 6 nitrogen and oxygen atoms in total. The summed E-state index contributed by atoms with van der Waals surface area (Å²) in [5.74, 6) is 0.0603. The zero-order chi connectivity index (χ0) is 18.2. The van der Waals surface area contributed by atoms with Crippen LogP contribution in [0.2, 0.25) is 0 Å². The van der Waals surface area contributed by atoms with Crippen molar-refractivity contribution in [2.75, 3.05) is 5.32 Å². The molecule has 0 bridgehead atoms. The van der Waals surface area contributed by atoms with Crippen molar-refractivity contribution in [3.05, 3.63) is 35.9 Å². The molecule has 1 aliphatic heterocycles. The number of carbonyl (C=O) groups excluding carboxylic acids is 1. The maximum atomic E-state index is 13.5. The number of alkyl halides is 3. The minimum absolute atomic E-state index is 0.0443. The average molecular weight is 356 g/mol. The van der Waals surface area contributed by atoms with Crippen molar-refractivity contribution in [2.24, 2.45) is 0 Å². The number of nitrogens with zero attached hydrogens (tertiary/aromatic N) is 2. The number of carbonyl (C=O) groups is 1. The SMILES string of the molecule is CC[C@H](C)NC(=O)c1cc2n(n1)[C@@H](C(F)(F)F)C[C@H](c1ccco1)N2. The van der Waals surface area contributed by atoms with Crippen LogP contribution in [0.25, 0.3) is 0 Å². The molecule has 1 amide bonds. The Morgan fingerprint density at radius 2 is 2.32 bits per heavy atom. The van der Waals surface area contributed by atoms with Crippen LogP contribution in [0, 0.1) is 0 Å². The van der Waals surface area contributed by atoms with E-state index in [2.05, 4.69) is 15.7 Å². The van der Waals surface area contributed by atoms with Crippen molar-refractivity contribution < 1.29 is 22.4 Å². The number of hydrogen-bond donors (Lipinski definition) is 2. The van der Waals surface area contributed by atoms with Gasteiger partial charge in [0.05, 0.1) is 12.3 Å². The topological polar surface area (TPSA) is 72.1 Å². The Balaban J connectivity index is 1.92. The number of halogens is 3. The van der Waals surface area contributed by atoms with Gasteiger partial charge in [-0.3, -0.25) is 4.79 Å². The van der Waals surface area contributed by atoms with Gasteiger partial charge in [-0.2, -0.15) is 18.3 Å². The fraction of sp³-hybridized carbons (Fsp3) is 0.500. The van der Waals surface area contributed by atoms with Crippen LogP contribution >= 0.6 is 0 Å². The predicted molar refractivity (Wildman–Crippen MR) is 84.2 cm³/mol. The van der Waals surface area contributed by atoms with Gasteiger partial charge in [0.1, 0.15) is 11.6 Å². The van der Waals surface area contributed by atoms with Gasteiger partial charge in [0, 0.05) is 18.5 Å². The number of nitrogens with one attached hydrogen (secondary N) is 2. The van der Waals surface area contributed by atoms with Crippen molar-refractivity contribution in [2.45, 2.75) is 51.0 Å². The van der Waals surface area contributed by atoms with E-state index in [0.717, 1.165) is 4.68 Å². The van der Waals surface area contributed by atoms with E-state index in [0.29, 0.717) is 12.2 Å². The smallest absolute Gasteiger partial charge is 0.410 e. The lowest BCUT2D eigenvalue weighted by atomic mass is 10.0. The summed E-state index contributed by atoms with van der Waals surface area (Å²) in [6.45, 7) is 3.72. The third-order valence-electron chi connectivity index (χ3n) is 4.30. The van der Waals surface area contributed by atoms with E-state index in [-0.39, 0.29) is 24.0 Å². The van der Waals surface area contributed by atoms with E-state index >= 15 is 0 Å². The number of aromatic nitrogens is 2. The van der Waals surface area contributed by atoms with E-state index in [1.807, 2.05) is 13.8 Å².